The first kappa shape index (κ1) is 12.7. The summed E-state index contributed by atoms with van der Waals surface area (Å²) < 4.78 is 2.10. The molecule has 0 spiro atoms. The number of hydrogen-bond donors (Lipinski definition) is 1. The van der Waals surface area contributed by atoms with Crippen molar-refractivity contribution in [3.8, 4) is 11.3 Å². The number of rotatable bonds is 2. The molecule has 2 aromatic heterocycles. The summed E-state index contributed by atoms with van der Waals surface area (Å²) in [6, 6.07) is 10.4. The number of nitrogens with two attached hydrogens (primary N) is 1. The van der Waals surface area contributed by atoms with Gasteiger partial charge in [-0.15, -0.1) is 0 Å². The molecule has 2 N–H and O–H groups in total. The SMILES string of the molecule is CCc1c(-c2ccc(C)c(C)c2)nc2ccc(N)cn12. The number of aromatic nitrogens is 2. The molecular formula is C17H19N3. The number of nitrogen functional groups attached to an aromatic ring is 1. The third-order valence-corrected chi connectivity index (χ3v) is 3.86. The molecule has 1 aromatic carbocycles. The molecule has 2 heterocycles. The van der Waals surface area contributed by atoms with Gasteiger partial charge in [0.2, 0.25) is 0 Å². The zero-order valence-electron chi connectivity index (χ0n) is 12.1. The van der Waals surface area contributed by atoms with Crippen LogP contribution in [0.15, 0.2) is 36.5 Å². The highest BCUT2D eigenvalue weighted by atomic mass is 15.0. The van der Waals surface area contributed by atoms with Gasteiger partial charge in [0.1, 0.15) is 5.65 Å². The molecule has 0 aliphatic rings. The number of anilines is 1. The molecule has 0 saturated heterocycles. The average Bonchev–Trinajstić information content (AvgIpc) is 2.79. The van der Waals surface area contributed by atoms with E-state index in [1.807, 2.05) is 18.3 Å². The number of imidazole rings is 1. The van der Waals surface area contributed by atoms with Crippen LogP contribution in [-0.4, -0.2) is 9.38 Å². The summed E-state index contributed by atoms with van der Waals surface area (Å²) in [6.07, 6.45) is 2.87. The quantitative estimate of drug-likeness (QED) is 0.766. The van der Waals surface area contributed by atoms with Crippen molar-refractivity contribution in [2.75, 3.05) is 5.73 Å². The molecule has 20 heavy (non-hydrogen) atoms. The van der Waals surface area contributed by atoms with Crippen LogP contribution in [0.2, 0.25) is 0 Å². The number of hydrogen-bond acceptors (Lipinski definition) is 2. The number of pyridine rings is 1. The predicted molar refractivity (Wildman–Crippen MR) is 83.9 cm³/mol. The Bertz CT molecular complexity index is 784. The molecule has 0 saturated carbocycles. The molecule has 3 heteroatoms. The lowest BCUT2D eigenvalue weighted by molar-refractivity contribution is 0.999. The number of fused-ring (bicyclic) bond motifs is 1. The van der Waals surface area contributed by atoms with Crippen molar-refractivity contribution >= 4 is 11.3 Å². The highest BCUT2D eigenvalue weighted by molar-refractivity contribution is 5.68. The molecule has 0 bridgehead atoms. The zero-order chi connectivity index (χ0) is 14.3. The topological polar surface area (TPSA) is 43.3 Å². The van der Waals surface area contributed by atoms with Crippen LogP contribution in [-0.2, 0) is 6.42 Å². The van der Waals surface area contributed by atoms with Gasteiger partial charge in [0.05, 0.1) is 11.4 Å². The van der Waals surface area contributed by atoms with Crippen LogP contribution < -0.4 is 5.73 Å². The van der Waals surface area contributed by atoms with Crippen molar-refractivity contribution in [3.05, 3.63) is 53.3 Å². The summed E-state index contributed by atoms with van der Waals surface area (Å²) in [5, 5.41) is 0. The molecule has 0 aliphatic heterocycles. The van der Waals surface area contributed by atoms with E-state index in [-0.39, 0.29) is 0 Å². The van der Waals surface area contributed by atoms with Gasteiger partial charge in [0.25, 0.3) is 0 Å². The van der Waals surface area contributed by atoms with E-state index in [0.29, 0.717) is 0 Å². The molecule has 0 aliphatic carbocycles. The first-order valence-corrected chi connectivity index (χ1v) is 6.94. The van der Waals surface area contributed by atoms with E-state index >= 15 is 0 Å². The Kier molecular flexibility index (Phi) is 2.97. The van der Waals surface area contributed by atoms with Crippen molar-refractivity contribution in [2.24, 2.45) is 0 Å². The van der Waals surface area contributed by atoms with Crippen LogP contribution in [0.5, 0.6) is 0 Å². The van der Waals surface area contributed by atoms with E-state index in [2.05, 4.69) is 43.4 Å². The Morgan fingerprint density at radius 3 is 2.60 bits per heavy atom. The second-order valence-electron chi connectivity index (χ2n) is 5.25. The van der Waals surface area contributed by atoms with Gasteiger partial charge in [0.15, 0.2) is 0 Å². The molecule has 0 atom stereocenters. The zero-order valence-corrected chi connectivity index (χ0v) is 12.1. The molecule has 3 aromatic rings. The second-order valence-corrected chi connectivity index (χ2v) is 5.25. The average molecular weight is 265 g/mol. The monoisotopic (exact) mass is 265 g/mol. The molecule has 102 valence electrons. The fraction of sp³-hybridized carbons (Fsp3) is 0.235. The maximum atomic E-state index is 5.89. The van der Waals surface area contributed by atoms with Crippen LogP contribution >= 0.6 is 0 Å². The summed E-state index contributed by atoms with van der Waals surface area (Å²) in [6.45, 7) is 6.42. The number of benzene rings is 1. The standard InChI is InChI=1S/C17H19N3/c1-4-15-17(13-6-5-11(2)12(3)9-13)19-16-8-7-14(18)10-20(15)16/h5-10H,4,18H2,1-3H3. The predicted octanol–water partition coefficient (Wildman–Crippen LogP) is 3.76. The molecule has 3 nitrogen and oxygen atoms in total. The summed E-state index contributed by atoms with van der Waals surface area (Å²) in [5.74, 6) is 0. The fourth-order valence-corrected chi connectivity index (χ4v) is 2.57. The normalized spacial score (nSPS) is 11.2. The lowest BCUT2D eigenvalue weighted by Crippen LogP contribution is -1.95. The first-order valence-electron chi connectivity index (χ1n) is 6.94. The molecule has 0 unspecified atom stereocenters. The van der Waals surface area contributed by atoms with E-state index in [4.69, 9.17) is 10.7 Å². The van der Waals surface area contributed by atoms with Crippen molar-refractivity contribution < 1.29 is 0 Å². The Balaban J connectivity index is 2.27. The minimum absolute atomic E-state index is 0.760. The third-order valence-electron chi connectivity index (χ3n) is 3.86. The van der Waals surface area contributed by atoms with E-state index in [1.54, 1.807) is 0 Å². The summed E-state index contributed by atoms with van der Waals surface area (Å²) in [7, 11) is 0. The van der Waals surface area contributed by atoms with Gasteiger partial charge < -0.3 is 10.1 Å². The minimum atomic E-state index is 0.760. The Morgan fingerprint density at radius 1 is 1.10 bits per heavy atom. The summed E-state index contributed by atoms with van der Waals surface area (Å²) in [5.41, 5.74) is 13.6. The van der Waals surface area contributed by atoms with Crippen molar-refractivity contribution in [1.29, 1.82) is 0 Å². The van der Waals surface area contributed by atoms with Gasteiger partial charge in [-0.25, -0.2) is 4.98 Å². The summed E-state index contributed by atoms with van der Waals surface area (Å²) in [4.78, 5) is 4.77. The Hall–Kier alpha value is -2.29. The van der Waals surface area contributed by atoms with Gasteiger partial charge in [-0.05, 0) is 49.6 Å². The van der Waals surface area contributed by atoms with Crippen molar-refractivity contribution in [1.82, 2.24) is 9.38 Å². The minimum Gasteiger partial charge on any atom is -0.398 e. The maximum Gasteiger partial charge on any atom is 0.137 e. The van der Waals surface area contributed by atoms with E-state index in [9.17, 15) is 0 Å². The molecule has 3 rings (SSSR count). The number of nitrogens with zero attached hydrogens (tertiary/aromatic N) is 2. The van der Waals surface area contributed by atoms with E-state index < -0.39 is 0 Å². The van der Waals surface area contributed by atoms with Crippen LogP contribution in [0.4, 0.5) is 5.69 Å². The van der Waals surface area contributed by atoms with Gasteiger partial charge in [0, 0.05) is 17.4 Å². The second kappa shape index (κ2) is 4.67. The third kappa shape index (κ3) is 1.95. The van der Waals surface area contributed by atoms with Gasteiger partial charge in [-0.3, -0.25) is 0 Å². The maximum absolute atomic E-state index is 5.89. The van der Waals surface area contributed by atoms with E-state index in [0.717, 1.165) is 23.4 Å². The van der Waals surface area contributed by atoms with Gasteiger partial charge in [-0.2, -0.15) is 0 Å². The van der Waals surface area contributed by atoms with Crippen LogP contribution in [0.3, 0.4) is 0 Å². The summed E-state index contributed by atoms with van der Waals surface area (Å²) >= 11 is 0. The Morgan fingerprint density at radius 2 is 1.90 bits per heavy atom. The smallest absolute Gasteiger partial charge is 0.137 e. The highest BCUT2D eigenvalue weighted by Gasteiger charge is 2.13. The van der Waals surface area contributed by atoms with E-state index in [1.165, 1.54) is 22.4 Å². The lowest BCUT2D eigenvalue weighted by Gasteiger charge is -2.05. The molecule has 0 amide bonds. The molecule has 0 radical (unpaired) electrons. The van der Waals surface area contributed by atoms with Gasteiger partial charge >= 0.3 is 0 Å². The Labute approximate surface area is 119 Å². The van der Waals surface area contributed by atoms with Crippen LogP contribution in [0.1, 0.15) is 23.7 Å². The molecule has 0 fully saturated rings. The van der Waals surface area contributed by atoms with Gasteiger partial charge in [-0.1, -0.05) is 19.1 Å². The first-order chi connectivity index (χ1) is 9.60. The number of aryl methyl sites for hydroxylation is 3. The fourth-order valence-electron chi connectivity index (χ4n) is 2.57. The van der Waals surface area contributed by atoms with Crippen molar-refractivity contribution in [2.45, 2.75) is 27.2 Å². The largest absolute Gasteiger partial charge is 0.398 e. The highest BCUT2D eigenvalue weighted by Crippen LogP contribution is 2.27. The van der Waals surface area contributed by atoms with Crippen LogP contribution in [0, 0.1) is 13.8 Å². The van der Waals surface area contributed by atoms with Crippen LogP contribution in [0.25, 0.3) is 16.9 Å². The molecular weight excluding hydrogens is 246 g/mol. The lowest BCUT2D eigenvalue weighted by atomic mass is 10.0. The van der Waals surface area contributed by atoms with Crippen molar-refractivity contribution in [3.63, 3.8) is 0 Å².